The quantitative estimate of drug-likeness (QED) is 0.678. The number of fused-ring (bicyclic) bond motifs is 2. The number of benzene rings is 2. The number of rotatable bonds is 2. The average molecular weight is 280 g/mol. The van der Waals surface area contributed by atoms with Crippen LogP contribution in [0.4, 0.5) is 0 Å². The van der Waals surface area contributed by atoms with E-state index in [2.05, 4.69) is 13.8 Å². The van der Waals surface area contributed by atoms with Crippen LogP contribution in [0.3, 0.4) is 0 Å². The number of hydrogen-bond acceptors (Lipinski definition) is 3. The van der Waals surface area contributed by atoms with Crippen LogP contribution in [0.5, 0.6) is 0 Å². The van der Waals surface area contributed by atoms with Gasteiger partial charge in [-0.3, -0.25) is 9.59 Å². The second-order valence-corrected chi connectivity index (χ2v) is 5.91. The fourth-order valence-corrected chi connectivity index (χ4v) is 3.33. The molecule has 0 saturated heterocycles. The predicted octanol–water partition coefficient (Wildman–Crippen LogP) is 2.33. The summed E-state index contributed by atoms with van der Waals surface area (Å²) in [4.78, 5) is 23.3. The minimum Gasteiger partial charge on any atom is -0.373 e. The van der Waals surface area contributed by atoms with Gasteiger partial charge in [0.1, 0.15) is 0 Å². The second kappa shape index (κ2) is 4.37. The zero-order valence-corrected chi connectivity index (χ0v) is 12.0. The van der Waals surface area contributed by atoms with Gasteiger partial charge >= 0.3 is 0 Å². The van der Waals surface area contributed by atoms with E-state index < -0.39 is 11.4 Å². The van der Waals surface area contributed by atoms with E-state index in [1.54, 1.807) is 24.3 Å². The van der Waals surface area contributed by atoms with Crippen LogP contribution in [0.15, 0.2) is 48.5 Å². The van der Waals surface area contributed by atoms with Crippen molar-refractivity contribution in [3.05, 3.63) is 70.8 Å². The van der Waals surface area contributed by atoms with Gasteiger partial charge in [-0.2, -0.15) is 0 Å². The van der Waals surface area contributed by atoms with E-state index in [1.165, 1.54) is 0 Å². The van der Waals surface area contributed by atoms with E-state index in [4.69, 9.17) is 0 Å². The lowest BCUT2D eigenvalue weighted by Gasteiger charge is -2.42. The fraction of sp³-hybridized carbons (Fsp3) is 0.222. The Hall–Kier alpha value is -2.26. The molecule has 2 aromatic rings. The molecule has 3 nitrogen and oxygen atoms in total. The first-order chi connectivity index (χ1) is 9.94. The van der Waals surface area contributed by atoms with Crippen LogP contribution in [-0.2, 0) is 20.6 Å². The Bertz CT molecular complexity index is 694. The highest BCUT2D eigenvalue weighted by Crippen LogP contribution is 2.48. The molecule has 0 amide bonds. The molecular weight excluding hydrogens is 264 g/mol. The molecule has 21 heavy (non-hydrogen) atoms. The second-order valence-electron chi connectivity index (χ2n) is 5.91. The van der Waals surface area contributed by atoms with Crippen molar-refractivity contribution in [2.45, 2.75) is 24.9 Å². The number of ketones is 1. The van der Waals surface area contributed by atoms with Gasteiger partial charge in [-0.15, -0.1) is 0 Å². The molecule has 1 N–H and O–H groups in total. The van der Waals surface area contributed by atoms with Crippen molar-refractivity contribution < 1.29 is 14.7 Å². The molecule has 0 heterocycles. The highest BCUT2D eigenvalue weighted by atomic mass is 16.3. The van der Waals surface area contributed by atoms with E-state index in [-0.39, 0.29) is 11.7 Å². The van der Waals surface area contributed by atoms with Crippen molar-refractivity contribution >= 4 is 12.1 Å². The summed E-state index contributed by atoms with van der Waals surface area (Å²) in [5.41, 5.74) is 0.465. The van der Waals surface area contributed by atoms with Gasteiger partial charge in [0.05, 0.1) is 0 Å². The lowest BCUT2D eigenvalue weighted by atomic mass is 9.62. The highest BCUT2D eigenvalue weighted by Gasteiger charge is 2.49. The standard InChI is InChI=1S/C18H16O3/c1-17(2)12-7-3-5-9-14(12)18(21,16(20)11-19)15-10-6-4-8-13(15)17/h3-11,21H,1-2H3. The third kappa shape index (κ3) is 1.64. The first-order valence-corrected chi connectivity index (χ1v) is 6.86. The molecule has 0 aliphatic heterocycles. The van der Waals surface area contributed by atoms with Gasteiger partial charge in [0.25, 0.3) is 0 Å². The molecule has 0 fully saturated rings. The van der Waals surface area contributed by atoms with Crippen LogP contribution in [0, 0.1) is 0 Å². The normalized spacial score (nSPS) is 17.5. The Morgan fingerprint density at radius 1 is 0.905 bits per heavy atom. The van der Waals surface area contributed by atoms with Crippen LogP contribution in [0.1, 0.15) is 36.1 Å². The van der Waals surface area contributed by atoms with Crippen LogP contribution in [0.25, 0.3) is 0 Å². The Balaban J connectivity index is 2.45. The maximum Gasteiger partial charge on any atom is 0.235 e. The van der Waals surface area contributed by atoms with Gasteiger partial charge in [0.2, 0.25) is 5.78 Å². The third-order valence-corrected chi connectivity index (χ3v) is 4.44. The molecule has 1 aliphatic carbocycles. The van der Waals surface area contributed by atoms with Crippen molar-refractivity contribution in [3.8, 4) is 0 Å². The summed E-state index contributed by atoms with van der Waals surface area (Å²) in [5.74, 6) is -0.835. The fourth-order valence-electron chi connectivity index (χ4n) is 3.33. The van der Waals surface area contributed by atoms with Gasteiger partial charge in [0, 0.05) is 16.5 Å². The number of aldehydes is 1. The zero-order valence-electron chi connectivity index (χ0n) is 12.0. The first-order valence-electron chi connectivity index (χ1n) is 6.86. The van der Waals surface area contributed by atoms with Gasteiger partial charge in [-0.25, -0.2) is 0 Å². The van der Waals surface area contributed by atoms with Gasteiger partial charge in [-0.1, -0.05) is 62.4 Å². The Kier molecular flexibility index (Phi) is 2.85. The number of carbonyl (C=O) groups is 2. The summed E-state index contributed by atoms with van der Waals surface area (Å²) < 4.78 is 0. The molecule has 0 aromatic heterocycles. The highest BCUT2D eigenvalue weighted by molar-refractivity contribution is 6.30. The Morgan fingerprint density at radius 3 is 1.67 bits per heavy atom. The summed E-state index contributed by atoms with van der Waals surface area (Å²) in [6, 6.07) is 14.5. The molecule has 0 atom stereocenters. The molecule has 106 valence electrons. The van der Waals surface area contributed by atoms with Crippen molar-refractivity contribution in [1.82, 2.24) is 0 Å². The number of aliphatic hydroxyl groups is 1. The summed E-state index contributed by atoms with van der Waals surface area (Å²) >= 11 is 0. The van der Waals surface area contributed by atoms with Gasteiger partial charge < -0.3 is 5.11 Å². The van der Waals surface area contributed by atoms with Gasteiger partial charge in [-0.05, 0) is 11.1 Å². The van der Waals surface area contributed by atoms with E-state index >= 15 is 0 Å². The van der Waals surface area contributed by atoms with Crippen LogP contribution in [0.2, 0.25) is 0 Å². The smallest absolute Gasteiger partial charge is 0.235 e. The minimum atomic E-state index is -1.90. The maximum atomic E-state index is 12.2. The number of Topliss-reactive ketones (excluding diaryl/α,β-unsaturated/α-hetero) is 1. The molecule has 0 bridgehead atoms. The lowest BCUT2D eigenvalue weighted by Crippen LogP contribution is -2.45. The molecule has 0 radical (unpaired) electrons. The molecule has 2 aromatic carbocycles. The van der Waals surface area contributed by atoms with E-state index in [0.717, 1.165) is 11.1 Å². The first kappa shape index (κ1) is 13.7. The topological polar surface area (TPSA) is 54.4 Å². The summed E-state index contributed by atoms with van der Waals surface area (Å²) in [6.07, 6.45) is 0.200. The summed E-state index contributed by atoms with van der Waals surface area (Å²) in [7, 11) is 0. The van der Waals surface area contributed by atoms with Crippen LogP contribution < -0.4 is 0 Å². The SMILES string of the molecule is CC1(C)c2ccccc2C(O)(C(=O)C=O)c2ccccc21. The zero-order chi connectivity index (χ0) is 15.3. The Morgan fingerprint density at radius 2 is 1.29 bits per heavy atom. The summed E-state index contributed by atoms with van der Waals surface area (Å²) in [5, 5.41) is 11.1. The van der Waals surface area contributed by atoms with Crippen molar-refractivity contribution in [2.24, 2.45) is 0 Å². The van der Waals surface area contributed by atoms with Gasteiger partial charge in [0.15, 0.2) is 11.9 Å². The average Bonchev–Trinajstić information content (AvgIpc) is 2.52. The van der Waals surface area contributed by atoms with Crippen molar-refractivity contribution in [3.63, 3.8) is 0 Å². The Labute approximate surface area is 123 Å². The molecule has 0 saturated carbocycles. The van der Waals surface area contributed by atoms with Crippen LogP contribution >= 0.6 is 0 Å². The minimum absolute atomic E-state index is 0.200. The predicted molar refractivity (Wildman–Crippen MR) is 79.1 cm³/mol. The van der Waals surface area contributed by atoms with E-state index in [1.807, 2.05) is 24.3 Å². The molecule has 0 spiro atoms. The molecule has 3 heteroatoms. The third-order valence-electron chi connectivity index (χ3n) is 4.44. The molecule has 1 aliphatic rings. The van der Waals surface area contributed by atoms with Crippen molar-refractivity contribution in [1.29, 1.82) is 0 Å². The van der Waals surface area contributed by atoms with Crippen molar-refractivity contribution in [2.75, 3.05) is 0 Å². The van der Waals surface area contributed by atoms with Crippen LogP contribution in [-0.4, -0.2) is 17.2 Å². The molecular formula is C18H16O3. The molecule has 3 rings (SSSR count). The largest absolute Gasteiger partial charge is 0.373 e. The maximum absolute atomic E-state index is 12.2. The monoisotopic (exact) mass is 280 g/mol. The molecule has 0 unspecified atom stereocenters. The lowest BCUT2D eigenvalue weighted by molar-refractivity contribution is -0.141. The van der Waals surface area contributed by atoms with E-state index in [0.29, 0.717) is 11.1 Å². The number of carbonyl (C=O) groups excluding carboxylic acids is 2. The number of hydrogen-bond donors (Lipinski definition) is 1. The summed E-state index contributed by atoms with van der Waals surface area (Å²) in [6.45, 7) is 4.10. The van der Waals surface area contributed by atoms with E-state index in [9.17, 15) is 14.7 Å².